The predicted molar refractivity (Wildman–Crippen MR) is 134 cm³/mol. The van der Waals surface area contributed by atoms with E-state index in [4.69, 9.17) is 0 Å². The number of rotatable bonds is 4. The largest absolute Gasteiger partial charge is 0.195 e. The fraction of sp³-hybridized carbons (Fsp3) is 0.200. The minimum Gasteiger partial charge on any atom is -0.195 e. The molecule has 2 aliphatic carbocycles. The van der Waals surface area contributed by atoms with Crippen molar-refractivity contribution in [3.63, 3.8) is 0 Å². The van der Waals surface area contributed by atoms with Gasteiger partial charge < -0.3 is 0 Å². The van der Waals surface area contributed by atoms with Crippen molar-refractivity contribution in [3.05, 3.63) is 119 Å². The minimum absolute atomic E-state index is 1.21. The quantitative estimate of drug-likeness (QED) is 0.455. The van der Waals surface area contributed by atoms with Gasteiger partial charge in [-0.05, 0) is 60.8 Å². The molecule has 0 N–H and O–H groups in total. The number of hydrogen-bond acceptors (Lipinski definition) is 0. The van der Waals surface area contributed by atoms with Gasteiger partial charge in [-0.25, -0.2) is 0 Å². The van der Waals surface area contributed by atoms with Crippen molar-refractivity contribution in [2.45, 2.75) is 38.5 Å². The number of fused-ring (bicyclic) bond motifs is 2. The molecular weight excluding hydrogens is 371 g/mol. The zero-order valence-electron chi connectivity index (χ0n) is 18.1. The number of aryl methyl sites for hydroxylation is 4. The highest BCUT2D eigenvalue weighted by Gasteiger charge is 2.33. The average molecular weight is 399 g/mol. The molecule has 31 heavy (non-hydrogen) atoms. The van der Waals surface area contributed by atoms with Crippen molar-refractivity contribution in [3.8, 4) is 0 Å². The van der Waals surface area contributed by atoms with E-state index >= 15 is 0 Å². The first-order valence-corrected chi connectivity index (χ1v) is 11.9. The first-order valence-electron chi connectivity index (χ1n) is 11.9. The zero-order valence-corrected chi connectivity index (χ0v) is 18.1. The average Bonchev–Trinajstić information content (AvgIpc) is 3.50. The highest BCUT2D eigenvalue weighted by atomic mass is 14.2. The summed E-state index contributed by atoms with van der Waals surface area (Å²) >= 11 is 0. The zero-order chi connectivity index (χ0) is 20.7. The summed E-state index contributed by atoms with van der Waals surface area (Å²) in [5.41, 5.74) is 11.9. The lowest BCUT2D eigenvalue weighted by molar-refractivity contribution is 0.912. The Kier molecular flexibility index (Phi) is 4.57. The fourth-order valence-electron chi connectivity index (χ4n) is 6.36. The van der Waals surface area contributed by atoms with E-state index < -0.39 is 6.15 Å². The summed E-state index contributed by atoms with van der Waals surface area (Å²) in [5, 5.41) is 0. The first kappa shape index (κ1) is 18.7. The molecule has 0 spiro atoms. The monoisotopic (exact) mass is 399 g/mol. The molecule has 0 fully saturated rings. The Morgan fingerprint density at radius 3 is 1.26 bits per heavy atom. The standard InChI is InChI=1S/C30H28B/c1-3-13-27(14-4-1)31(28-15-5-2-6-16-28,29-19-17-23-9-7-11-25(23)21-29)30-20-18-24-10-8-12-26(24)22-30/h1-6,13-22H,7-12H2/q-1. The van der Waals surface area contributed by atoms with Crippen LogP contribution in [-0.4, -0.2) is 6.15 Å². The summed E-state index contributed by atoms with van der Waals surface area (Å²) in [6.45, 7) is 0. The summed E-state index contributed by atoms with van der Waals surface area (Å²) in [4.78, 5) is 0. The molecule has 0 saturated carbocycles. The van der Waals surface area contributed by atoms with Crippen LogP contribution in [0.4, 0.5) is 0 Å². The lowest BCUT2D eigenvalue weighted by Crippen LogP contribution is -2.74. The van der Waals surface area contributed by atoms with Gasteiger partial charge in [-0.2, -0.15) is 21.9 Å². The van der Waals surface area contributed by atoms with Gasteiger partial charge in [-0.15, -0.1) is 0 Å². The minimum atomic E-state index is -1.24. The second-order valence-corrected chi connectivity index (χ2v) is 9.45. The molecule has 0 radical (unpaired) electrons. The summed E-state index contributed by atoms with van der Waals surface area (Å²) in [6, 6.07) is 37.2. The van der Waals surface area contributed by atoms with Gasteiger partial charge in [0.25, 0.3) is 0 Å². The molecule has 0 heterocycles. The number of hydrogen-bond donors (Lipinski definition) is 0. The Morgan fingerprint density at radius 1 is 0.387 bits per heavy atom. The highest BCUT2D eigenvalue weighted by Crippen LogP contribution is 2.24. The molecule has 6 rings (SSSR count). The Labute approximate surface area is 185 Å². The maximum Gasteiger partial charge on any atom is 0.108 e. The molecule has 0 bridgehead atoms. The van der Waals surface area contributed by atoms with E-state index in [9.17, 15) is 0 Å². The Bertz CT molecular complexity index is 1130. The Balaban J connectivity index is 1.70. The van der Waals surface area contributed by atoms with Crippen LogP contribution in [0.15, 0.2) is 97.1 Å². The van der Waals surface area contributed by atoms with E-state index in [2.05, 4.69) is 97.1 Å². The van der Waals surface area contributed by atoms with E-state index in [1.165, 1.54) is 60.4 Å². The SMILES string of the molecule is c1ccc([B-](c2ccccc2)(c2ccc3c(c2)CCC3)c2ccc3c(c2)CCC3)cc1. The van der Waals surface area contributed by atoms with Crippen LogP contribution in [0.25, 0.3) is 0 Å². The highest BCUT2D eigenvalue weighted by molar-refractivity contribution is 7.19. The van der Waals surface area contributed by atoms with Crippen LogP contribution in [0.2, 0.25) is 0 Å². The van der Waals surface area contributed by atoms with Crippen LogP contribution in [0.3, 0.4) is 0 Å². The summed E-state index contributed by atoms with van der Waals surface area (Å²) in [5.74, 6) is 0. The number of benzene rings is 4. The molecule has 4 aromatic rings. The molecule has 0 atom stereocenters. The van der Waals surface area contributed by atoms with E-state index in [-0.39, 0.29) is 0 Å². The van der Waals surface area contributed by atoms with Crippen molar-refractivity contribution in [2.24, 2.45) is 0 Å². The summed E-state index contributed by atoms with van der Waals surface area (Å²) in [7, 11) is 0. The molecule has 0 unspecified atom stereocenters. The van der Waals surface area contributed by atoms with E-state index in [0.29, 0.717) is 0 Å². The smallest absolute Gasteiger partial charge is 0.108 e. The lowest BCUT2D eigenvalue weighted by atomic mass is 9.13. The predicted octanol–water partition coefficient (Wildman–Crippen LogP) is 4.04. The third-order valence-electron chi connectivity index (χ3n) is 7.84. The fourth-order valence-corrected chi connectivity index (χ4v) is 6.36. The van der Waals surface area contributed by atoms with Gasteiger partial charge in [-0.3, -0.25) is 0 Å². The van der Waals surface area contributed by atoms with Crippen molar-refractivity contribution in [2.75, 3.05) is 0 Å². The molecule has 2 aliphatic rings. The molecule has 4 aromatic carbocycles. The molecule has 0 nitrogen and oxygen atoms in total. The third-order valence-corrected chi connectivity index (χ3v) is 7.84. The maximum atomic E-state index is 2.54. The Hall–Kier alpha value is -3.06. The third kappa shape index (κ3) is 2.99. The van der Waals surface area contributed by atoms with Crippen molar-refractivity contribution in [1.29, 1.82) is 0 Å². The summed E-state index contributed by atoms with van der Waals surface area (Å²) < 4.78 is 0. The normalized spacial score (nSPS) is 15.0. The molecule has 152 valence electrons. The van der Waals surface area contributed by atoms with Gasteiger partial charge in [0.1, 0.15) is 6.15 Å². The van der Waals surface area contributed by atoms with Crippen LogP contribution in [0, 0.1) is 0 Å². The van der Waals surface area contributed by atoms with Crippen LogP contribution in [0.5, 0.6) is 0 Å². The van der Waals surface area contributed by atoms with Crippen LogP contribution in [0.1, 0.15) is 35.1 Å². The van der Waals surface area contributed by atoms with Crippen LogP contribution >= 0.6 is 0 Å². The molecule has 1 heteroatoms. The maximum absolute atomic E-state index is 2.54. The van der Waals surface area contributed by atoms with Gasteiger partial charge in [0.05, 0.1) is 0 Å². The lowest BCUT2D eigenvalue weighted by Gasteiger charge is -2.45. The second-order valence-electron chi connectivity index (χ2n) is 9.45. The first-order chi connectivity index (χ1) is 15.4. The molecule has 0 aliphatic heterocycles. The van der Waals surface area contributed by atoms with E-state index in [1.54, 1.807) is 22.3 Å². The molecule has 0 amide bonds. The van der Waals surface area contributed by atoms with Crippen LogP contribution < -0.4 is 21.9 Å². The van der Waals surface area contributed by atoms with Crippen molar-refractivity contribution < 1.29 is 0 Å². The van der Waals surface area contributed by atoms with Gasteiger partial charge >= 0.3 is 0 Å². The molecular formula is C30H28B-. The molecule has 0 saturated heterocycles. The summed E-state index contributed by atoms with van der Waals surface area (Å²) in [6.07, 6.45) is 6.21. The van der Waals surface area contributed by atoms with Crippen LogP contribution in [-0.2, 0) is 25.7 Å². The van der Waals surface area contributed by atoms with E-state index in [1.807, 2.05) is 0 Å². The van der Waals surface area contributed by atoms with Crippen molar-refractivity contribution in [1.82, 2.24) is 0 Å². The molecule has 0 aromatic heterocycles. The van der Waals surface area contributed by atoms with Gasteiger partial charge in [0.15, 0.2) is 0 Å². The second kappa shape index (κ2) is 7.57. The van der Waals surface area contributed by atoms with Gasteiger partial charge in [-0.1, -0.05) is 97.1 Å². The Morgan fingerprint density at radius 2 is 0.806 bits per heavy atom. The van der Waals surface area contributed by atoms with Crippen molar-refractivity contribution >= 4 is 28.0 Å². The van der Waals surface area contributed by atoms with Gasteiger partial charge in [0.2, 0.25) is 0 Å². The van der Waals surface area contributed by atoms with Gasteiger partial charge in [0, 0.05) is 0 Å². The van der Waals surface area contributed by atoms with E-state index in [0.717, 1.165) is 0 Å². The topological polar surface area (TPSA) is 0 Å².